The van der Waals surface area contributed by atoms with Crippen LogP contribution in [0.15, 0.2) is 34.9 Å². The Morgan fingerprint density at radius 3 is 2.58 bits per heavy atom. The SMILES string of the molecule is N#Cc1cnc(C(=O)Cc2ccc(CCN3CCOCC3)cc2C2=CCCCC2)o1.O=CC(F)(F)F. The Bertz CT molecular complexity index is 1110. The maximum Gasteiger partial charge on any atom is 0.446 e. The number of aromatic nitrogens is 1. The number of rotatable bonds is 7. The van der Waals surface area contributed by atoms with Crippen LogP contribution in [0, 0.1) is 11.3 Å². The molecule has 4 rings (SSSR count). The Morgan fingerprint density at radius 1 is 1.22 bits per heavy atom. The zero-order chi connectivity index (χ0) is 26.0. The van der Waals surface area contributed by atoms with E-state index in [-0.39, 0.29) is 23.9 Å². The van der Waals surface area contributed by atoms with E-state index in [4.69, 9.17) is 19.2 Å². The van der Waals surface area contributed by atoms with Crippen LogP contribution in [0.3, 0.4) is 0 Å². The van der Waals surface area contributed by atoms with Gasteiger partial charge in [0.05, 0.1) is 19.4 Å². The number of ether oxygens (including phenoxy) is 1. The molecular weight excluding hydrogens is 475 g/mol. The van der Waals surface area contributed by atoms with E-state index in [0.29, 0.717) is 0 Å². The third-order valence-corrected chi connectivity index (χ3v) is 5.97. The average molecular weight is 504 g/mol. The molecule has 0 atom stereocenters. The zero-order valence-corrected chi connectivity index (χ0v) is 19.9. The third kappa shape index (κ3) is 8.43. The summed E-state index contributed by atoms with van der Waals surface area (Å²) in [4.78, 5) is 27.8. The molecule has 1 aromatic heterocycles. The number of carbonyl (C=O) groups is 2. The smallest absolute Gasteiger partial charge is 0.423 e. The first-order chi connectivity index (χ1) is 17.3. The minimum atomic E-state index is -4.64. The van der Waals surface area contributed by atoms with Gasteiger partial charge in [0.15, 0.2) is 0 Å². The van der Waals surface area contributed by atoms with E-state index in [9.17, 15) is 18.0 Å². The lowest BCUT2D eigenvalue weighted by atomic mass is 9.87. The number of oxazole rings is 1. The summed E-state index contributed by atoms with van der Waals surface area (Å²) in [6, 6.07) is 8.34. The number of aldehydes is 1. The van der Waals surface area contributed by atoms with Crippen molar-refractivity contribution < 1.29 is 31.9 Å². The van der Waals surface area contributed by atoms with Crippen molar-refractivity contribution in [1.29, 1.82) is 5.26 Å². The van der Waals surface area contributed by atoms with Crippen LogP contribution >= 0.6 is 0 Å². The summed E-state index contributed by atoms with van der Waals surface area (Å²) in [7, 11) is 0. The first kappa shape index (κ1) is 27.3. The fourth-order valence-corrected chi connectivity index (χ4v) is 4.13. The van der Waals surface area contributed by atoms with Gasteiger partial charge in [0.1, 0.15) is 6.07 Å². The Labute approximate surface area is 207 Å². The van der Waals surface area contributed by atoms with Gasteiger partial charge in [0.25, 0.3) is 5.89 Å². The zero-order valence-electron chi connectivity index (χ0n) is 19.9. The Morgan fingerprint density at radius 2 is 1.97 bits per heavy atom. The van der Waals surface area contributed by atoms with E-state index in [1.54, 1.807) is 0 Å². The number of Topliss-reactive ketones (excluding diaryl/α,β-unsaturated/α-hetero) is 1. The van der Waals surface area contributed by atoms with Crippen molar-refractivity contribution in [3.8, 4) is 6.07 Å². The lowest BCUT2D eigenvalue weighted by Gasteiger charge is -2.26. The van der Waals surface area contributed by atoms with E-state index in [0.717, 1.165) is 57.7 Å². The minimum Gasteiger partial charge on any atom is -0.423 e. The quantitative estimate of drug-likeness (QED) is 0.404. The van der Waals surface area contributed by atoms with Gasteiger partial charge >= 0.3 is 6.18 Å². The van der Waals surface area contributed by atoms with Gasteiger partial charge in [-0.2, -0.15) is 18.4 Å². The number of hydrogen-bond acceptors (Lipinski definition) is 7. The van der Waals surface area contributed by atoms with Gasteiger partial charge in [-0.1, -0.05) is 24.3 Å². The van der Waals surface area contributed by atoms with Crippen molar-refractivity contribution in [3.05, 3.63) is 58.8 Å². The van der Waals surface area contributed by atoms with Gasteiger partial charge in [0, 0.05) is 26.1 Å². The topological polar surface area (TPSA) is 96.4 Å². The molecule has 1 fully saturated rings. The van der Waals surface area contributed by atoms with Crippen LogP contribution in [0.4, 0.5) is 13.2 Å². The maximum absolute atomic E-state index is 12.7. The number of nitriles is 1. The van der Waals surface area contributed by atoms with Crippen molar-refractivity contribution in [2.24, 2.45) is 0 Å². The largest absolute Gasteiger partial charge is 0.446 e. The summed E-state index contributed by atoms with van der Waals surface area (Å²) in [5.41, 5.74) is 4.80. The lowest BCUT2D eigenvalue weighted by molar-refractivity contribution is -0.156. The highest BCUT2D eigenvalue weighted by Gasteiger charge is 2.25. The molecule has 0 radical (unpaired) electrons. The number of halogens is 3. The number of ketones is 1. The molecule has 36 heavy (non-hydrogen) atoms. The molecular formula is C26H28F3N3O4. The van der Waals surface area contributed by atoms with Crippen LogP contribution in [0.5, 0.6) is 0 Å². The molecule has 2 aromatic rings. The monoisotopic (exact) mass is 503 g/mol. The van der Waals surface area contributed by atoms with Crippen molar-refractivity contribution in [2.75, 3.05) is 32.8 Å². The van der Waals surface area contributed by atoms with Crippen LogP contribution in [0.25, 0.3) is 5.57 Å². The molecule has 1 aliphatic heterocycles. The standard InChI is InChI=1S/C24H27N3O3.C2HF3O/c25-16-21-17-26-24(30-21)23(28)15-20-7-6-18(8-9-27-10-12-29-13-11-27)14-22(20)19-4-2-1-3-5-19;3-2(4,5)1-6/h4,6-7,14,17H,1-3,5,8-13,15H2;1H. The second-order valence-electron chi connectivity index (χ2n) is 8.57. The number of hydrogen-bond donors (Lipinski definition) is 0. The second-order valence-corrected chi connectivity index (χ2v) is 8.57. The summed E-state index contributed by atoms with van der Waals surface area (Å²) in [6.07, 6.45) is 3.67. The highest BCUT2D eigenvalue weighted by molar-refractivity contribution is 5.94. The van der Waals surface area contributed by atoms with Crippen molar-refractivity contribution in [2.45, 2.75) is 44.7 Å². The molecule has 0 unspecified atom stereocenters. The Kier molecular flexibility index (Phi) is 9.96. The predicted octanol–water partition coefficient (Wildman–Crippen LogP) is 4.55. The summed E-state index contributed by atoms with van der Waals surface area (Å²) in [5, 5.41) is 8.90. The molecule has 0 amide bonds. The van der Waals surface area contributed by atoms with E-state index in [1.165, 1.54) is 35.7 Å². The fraction of sp³-hybridized carbons (Fsp3) is 0.462. The molecule has 2 heterocycles. The first-order valence-electron chi connectivity index (χ1n) is 11.8. The molecule has 0 spiro atoms. The molecule has 0 N–H and O–H groups in total. The van der Waals surface area contributed by atoms with Crippen LogP contribution in [0.1, 0.15) is 58.8 Å². The van der Waals surface area contributed by atoms with Gasteiger partial charge in [-0.15, -0.1) is 0 Å². The maximum atomic E-state index is 12.7. The van der Waals surface area contributed by atoms with Crippen LogP contribution in [-0.2, 0) is 22.4 Å². The Hall–Kier alpha value is -3.29. The van der Waals surface area contributed by atoms with E-state index >= 15 is 0 Å². The molecule has 0 bridgehead atoms. The molecule has 1 aliphatic carbocycles. The molecule has 10 heteroatoms. The number of carbonyl (C=O) groups excluding carboxylic acids is 2. The van der Waals surface area contributed by atoms with Crippen LogP contribution < -0.4 is 0 Å². The Balaban J connectivity index is 0.000000538. The van der Waals surface area contributed by atoms with Gasteiger partial charge in [-0.25, -0.2) is 4.98 Å². The minimum absolute atomic E-state index is 0.00603. The van der Waals surface area contributed by atoms with Gasteiger partial charge < -0.3 is 9.15 Å². The predicted molar refractivity (Wildman–Crippen MR) is 125 cm³/mol. The van der Waals surface area contributed by atoms with Gasteiger partial charge in [0.2, 0.25) is 17.8 Å². The fourth-order valence-electron chi connectivity index (χ4n) is 4.13. The van der Waals surface area contributed by atoms with Crippen molar-refractivity contribution in [3.63, 3.8) is 0 Å². The molecule has 7 nitrogen and oxygen atoms in total. The number of nitrogens with zero attached hydrogens (tertiary/aromatic N) is 3. The molecule has 1 saturated heterocycles. The van der Waals surface area contributed by atoms with Crippen LogP contribution in [0.2, 0.25) is 0 Å². The third-order valence-electron chi connectivity index (χ3n) is 5.97. The first-order valence-corrected chi connectivity index (χ1v) is 11.8. The van der Waals surface area contributed by atoms with Gasteiger partial charge in [-0.05, 0) is 54.4 Å². The van der Waals surface area contributed by atoms with E-state index < -0.39 is 12.5 Å². The molecule has 2 aliphatic rings. The summed E-state index contributed by atoms with van der Waals surface area (Å²) in [5.74, 6) is -0.131. The van der Waals surface area contributed by atoms with E-state index in [1.807, 2.05) is 6.07 Å². The van der Waals surface area contributed by atoms with Crippen LogP contribution in [-0.4, -0.2) is 61.0 Å². The summed E-state index contributed by atoms with van der Waals surface area (Å²) in [6.45, 7) is 4.63. The lowest BCUT2D eigenvalue weighted by Crippen LogP contribution is -2.37. The molecule has 0 saturated carbocycles. The normalized spacial score (nSPS) is 16.3. The van der Waals surface area contributed by atoms with Crippen molar-refractivity contribution in [1.82, 2.24) is 9.88 Å². The number of alkyl halides is 3. The summed E-state index contributed by atoms with van der Waals surface area (Å²) < 4.78 is 41.9. The molecule has 1 aromatic carbocycles. The number of benzene rings is 1. The van der Waals surface area contributed by atoms with Gasteiger partial charge in [-0.3, -0.25) is 14.5 Å². The van der Waals surface area contributed by atoms with Crippen molar-refractivity contribution >= 4 is 17.6 Å². The second kappa shape index (κ2) is 13.1. The highest BCUT2D eigenvalue weighted by atomic mass is 19.4. The molecule has 192 valence electrons. The number of morpholine rings is 1. The summed E-state index contributed by atoms with van der Waals surface area (Å²) >= 11 is 0. The highest BCUT2D eigenvalue weighted by Crippen LogP contribution is 2.31. The average Bonchev–Trinajstić information content (AvgIpc) is 3.39. The van der Waals surface area contributed by atoms with E-state index in [2.05, 4.69) is 34.2 Å². The number of allylic oxidation sites excluding steroid dienone is 2.